The molecule has 1 unspecified atom stereocenters. The summed E-state index contributed by atoms with van der Waals surface area (Å²) in [6.45, 7) is 1.32. The fourth-order valence-electron chi connectivity index (χ4n) is 2.40. The molecule has 0 amide bonds. The zero-order valence-electron chi connectivity index (χ0n) is 12.5. The molecule has 0 saturated heterocycles. The molecule has 3 N–H and O–H groups in total. The van der Waals surface area contributed by atoms with Crippen LogP contribution < -0.4 is 5.43 Å². The highest BCUT2D eigenvalue weighted by Gasteiger charge is 2.37. The van der Waals surface area contributed by atoms with Gasteiger partial charge in [-0.3, -0.25) is 25.7 Å². The normalized spacial score (nSPS) is 16.7. The Bertz CT molecular complexity index is 841. The second-order valence-electron chi connectivity index (χ2n) is 4.99. The van der Waals surface area contributed by atoms with Crippen LogP contribution in [0.4, 0.5) is 11.4 Å². The van der Waals surface area contributed by atoms with E-state index in [4.69, 9.17) is 0 Å². The van der Waals surface area contributed by atoms with Crippen molar-refractivity contribution in [3.63, 3.8) is 0 Å². The number of hydrogen-bond donors (Lipinski definition) is 3. The Kier molecular flexibility index (Phi) is 4.45. The molecule has 1 aromatic carbocycles. The minimum atomic E-state index is -1.57. The highest BCUT2D eigenvalue weighted by molar-refractivity contribution is 6.39. The maximum atomic E-state index is 11.5. The van der Waals surface area contributed by atoms with Crippen molar-refractivity contribution in [1.82, 2.24) is 5.43 Å². The number of carbonyl (C=O) groups is 2. The molecule has 25 heavy (non-hydrogen) atoms. The number of nitro groups is 2. The first-order valence-electron chi connectivity index (χ1n) is 6.58. The highest BCUT2D eigenvalue weighted by atomic mass is 16.6. The van der Waals surface area contributed by atoms with Gasteiger partial charge in [-0.05, 0) is 12.5 Å². The molecule has 0 radical (unpaired) electrons. The van der Waals surface area contributed by atoms with Crippen LogP contribution in [0.1, 0.15) is 18.4 Å². The third-order valence-electron chi connectivity index (χ3n) is 3.44. The van der Waals surface area contributed by atoms with E-state index in [9.17, 15) is 40.0 Å². The van der Waals surface area contributed by atoms with E-state index >= 15 is 0 Å². The minimum Gasteiger partial charge on any atom is -0.478 e. The van der Waals surface area contributed by atoms with Gasteiger partial charge in [0.25, 0.3) is 11.4 Å². The van der Waals surface area contributed by atoms with Crippen molar-refractivity contribution in [3.05, 3.63) is 55.3 Å². The van der Waals surface area contributed by atoms with Gasteiger partial charge in [-0.2, -0.15) is 5.10 Å². The first kappa shape index (κ1) is 17.5. The zero-order valence-corrected chi connectivity index (χ0v) is 12.5. The van der Waals surface area contributed by atoms with E-state index < -0.39 is 50.4 Å². The van der Waals surface area contributed by atoms with E-state index in [1.54, 1.807) is 0 Å². The van der Waals surface area contributed by atoms with E-state index in [2.05, 4.69) is 10.5 Å². The summed E-state index contributed by atoms with van der Waals surface area (Å²) < 4.78 is 0. The van der Waals surface area contributed by atoms with Crippen LogP contribution in [0, 0.1) is 20.2 Å². The number of non-ortho nitro benzene ring substituents is 2. The lowest BCUT2D eigenvalue weighted by molar-refractivity contribution is -0.394. The molecule has 0 fully saturated rings. The molecule has 130 valence electrons. The minimum absolute atomic E-state index is 0.0108. The quantitative estimate of drug-likeness (QED) is 0.514. The van der Waals surface area contributed by atoms with Crippen LogP contribution in [0.3, 0.4) is 0 Å². The van der Waals surface area contributed by atoms with Gasteiger partial charge in [0.2, 0.25) is 0 Å². The van der Waals surface area contributed by atoms with Crippen LogP contribution in [0.5, 0.6) is 0 Å². The van der Waals surface area contributed by atoms with Crippen LogP contribution in [-0.4, -0.2) is 37.7 Å². The molecule has 0 aromatic heterocycles. The van der Waals surface area contributed by atoms with E-state index in [0.717, 1.165) is 12.1 Å². The summed E-state index contributed by atoms with van der Waals surface area (Å²) in [5, 5.41) is 44.2. The number of rotatable bonds is 5. The monoisotopic (exact) mass is 350 g/mol. The number of nitro benzene ring substituents is 2. The fourth-order valence-corrected chi connectivity index (χ4v) is 2.40. The van der Waals surface area contributed by atoms with Crippen LogP contribution in [0.15, 0.2) is 34.6 Å². The number of hydrazone groups is 1. The van der Waals surface area contributed by atoms with E-state index in [-0.39, 0.29) is 11.3 Å². The van der Waals surface area contributed by atoms with Gasteiger partial charge in [0, 0.05) is 17.8 Å². The smallest absolute Gasteiger partial charge is 0.353 e. The Morgan fingerprint density at radius 1 is 1.08 bits per heavy atom. The molecule has 0 bridgehead atoms. The van der Waals surface area contributed by atoms with Crippen LogP contribution in [0.2, 0.25) is 0 Å². The topological polar surface area (TPSA) is 185 Å². The Labute approximate surface area is 138 Å². The molecule has 0 spiro atoms. The summed E-state index contributed by atoms with van der Waals surface area (Å²) in [7, 11) is 0. The number of aliphatic carboxylic acids is 2. The number of hydrogen-bond acceptors (Lipinski definition) is 8. The van der Waals surface area contributed by atoms with Gasteiger partial charge in [-0.25, -0.2) is 9.59 Å². The maximum absolute atomic E-state index is 11.5. The van der Waals surface area contributed by atoms with Crippen molar-refractivity contribution < 1.29 is 29.6 Å². The molecule has 1 aliphatic heterocycles. The molecule has 1 heterocycles. The summed E-state index contributed by atoms with van der Waals surface area (Å²) in [5.41, 5.74) is -0.394. The number of nitrogens with one attached hydrogen (secondary N) is 1. The summed E-state index contributed by atoms with van der Waals surface area (Å²) in [6, 6.07) is 2.47. The molecule has 12 nitrogen and oxygen atoms in total. The van der Waals surface area contributed by atoms with Crippen molar-refractivity contribution in [3.8, 4) is 0 Å². The number of carboxylic acids is 2. The van der Waals surface area contributed by atoms with E-state index in [1.165, 1.54) is 6.92 Å². The second-order valence-corrected chi connectivity index (χ2v) is 4.99. The van der Waals surface area contributed by atoms with Crippen LogP contribution in [-0.2, 0) is 9.59 Å². The molecule has 12 heteroatoms. The third kappa shape index (κ3) is 3.26. The lowest BCUT2D eigenvalue weighted by atomic mass is 9.84. The van der Waals surface area contributed by atoms with Crippen molar-refractivity contribution >= 4 is 29.0 Å². The lowest BCUT2D eigenvalue weighted by Gasteiger charge is -2.24. The van der Waals surface area contributed by atoms with Crippen molar-refractivity contribution in [2.45, 2.75) is 12.8 Å². The standard InChI is InChI=1S/C13H10N4O8/c1-5-9(12(18)19)10(11(13(20)21)15-14-5)6-2-7(16(22)23)4-8(3-6)17(24)25/h2-4,10,14H,1H3,(H,18,19)(H,20,21). The highest BCUT2D eigenvalue weighted by Crippen LogP contribution is 2.35. The molecule has 1 aliphatic rings. The molecule has 0 aliphatic carbocycles. The van der Waals surface area contributed by atoms with Gasteiger partial charge in [0.05, 0.1) is 27.4 Å². The Morgan fingerprint density at radius 2 is 1.60 bits per heavy atom. The maximum Gasteiger partial charge on any atom is 0.353 e. The van der Waals surface area contributed by atoms with Gasteiger partial charge in [0.1, 0.15) is 0 Å². The van der Waals surface area contributed by atoms with Crippen molar-refractivity contribution in [1.29, 1.82) is 0 Å². The zero-order chi connectivity index (χ0) is 18.9. The summed E-state index contributed by atoms with van der Waals surface area (Å²) in [6.07, 6.45) is 0. The van der Waals surface area contributed by atoms with Gasteiger partial charge in [-0.1, -0.05) is 0 Å². The second kappa shape index (κ2) is 6.35. The number of carboxylic acid groups (broad SMARTS) is 2. The number of benzene rings is 1. The molecule has 1 atom stereocenters. The Balaban J connectivity index is 2.77. The third-order valence-corrected chi connectivity index (χ3v) is 3.44. The molecule has 2 rings (SSSR count). The Morgan fingerprint density at radius 3 is 2.00 bits per heavy atom. The van der Waals surface area contributed by atoms with E-state index in [1.807, 2.05) is 0 Å². The molecular formula is C13H10N4O8. The lowest BCUT2D eigenvalue weighted by Crippen LogP contribution is -2.34. The van der Waals surface area contributed by atoms with Gasteiger partial charge < -0.3 is 10.2 Å². The number of nitrogens with zero attached hydrogens (tertiary/aromatic N) is 3. The summed E-state index contributed by atoms with van der Waals surface area (Å²) in [4.78, 5) is 43.1. The fraction of sp³-hybridized carbons (Fsp3) is 0.154. The molecular weight excluding hydrogens is 340 g/mol. The number of allylic oxidation sites excluding steroid dienone is 1. The average Bonchev–Trinajstić information content (AvgIpc) is 2.53. The molecule has 1 aromatic rings. The Hall–Kier alpha value is -3.83. The first-order valence-corrected chi connectivity index (χ1v) is 6.58. The van der Waals surface area contributed by atoms with Gasteiger partial charge in [0.15, 0.2) is 5.71 Å². The van der Waals surface area contributed by atoms with Crippen LogP contribution >= 0.6 is 0 Å². The van der Waals surface area contributed by atoms with Crippen molar-refractivity contribution in [2.75, 3.05) is 0 Å². The van der Waals surface area contributed by atoms with Crippen LogP contribution in [0.25, 0.3) is 0 Å². The summed E-state index contributed by atoms with van der Waals surface area (Å²) in [5.74, 6) is -4.58. The average molecular weight is 350 g/mol. The molecule has 0 saturated carbocycles. The predicted octanol–water partition coefficient (Wildman–Crippen LogP) is 0.989. The van der Waals surface area contributed by atoms with E-state index in [0.29, 0.717) is 6.07 Å². The van der Waals surface area contributed by atoms with Crippen molar-refractivity contribution in [2.24, 2.45) is 5.10 Å². The SMILES string of the molecule is CC1=C(C(=O)O)C(c2cc([N+](=O)[O-])cc([N+](=O)[O-])c2)C(C(=O)O)=NN1. The van der Waals surface area contributed by atoms with Gasteiger partial charge in [-0.15, -0.1) is 0 Å². The predicted molar refractivity (Wildman–Crippen MR) is 81.0 cm³/mol. The largest absolute Gasteiger partial charge is 0.478 e. The first-order chi connectivity index (χ1) is 11.6. The van der Waals surface area contributed by atoms with Gasteiger partial charge >= 0.3 is 11.9 Å². The summed E-state index contributed by atoms with van der Waals surface area (Å²) >= 11 is 0.